The van der Waals surface area contributed by atoms with Crippen molar-refractivity contribution in [2.75, 3.05) is 18.0 Å². The molecule has 0 aliphatic carbocycles. The molecule has 0 saturated carbocycles. The first-order valence-corrected chi connectivity index (χ1v) is 9.85. The number of aromatic nitrogens is 3. The van der Waals surface area contributed by atoms with E-state index in [0.29, 0.717) is 13.1 Å². The third-order valence-electron chi connectivity index (χ3n) is 5.11. The Hall–Kier alpha value is -2.80. The Morgan fingerprint density at radius 2 is 1.79 bits per heavy atom. The lowest BCUT2D eigenvalue weighted by molar-refractivity contribution is 0.572. The summed E-state index contributed by atoms with van der Waals surface area (Å²) in [6.07, 6.45) is 1.89. The van der Waals surface area contributed by atoms with Crippen LogP contribution in [0.2, 0.25) is 0 Å². The average Bonchev–Trinajstić information content (AvgIpc) is 2.98. The molecule has 1 aromatic carbocycles. The van der Waals surface area contributed by atoms with E-state index >= 15 is 0 Å². The van der Waals surface area contributed by atoms with Gasteiger partial charge in [0.25, 0.3) is 0 Å². The molecule has 7 heteroatoms. The second-order valence-corrected chi connectivity index (χ2v) is 6.96. The van der Waals surface area contributed by atoms with Gasteiger partial charge in [-0.1, -0.05) is 6.07 Å². The van der Waals surface area contributed by atoms with E-state index in [0.717, 1.165) is 47.5 Å². The number of halogens is 2. The minimum Gasteiger partial charge on any atom is -0.357 e. The highest BCUT2D eigenvalue weighted by molar-refractivity contribution is 5.40. The topological polar surface area (TPSA) is 46.0 Å². The normalized spacial score (nSPS) is 11.1. The van der Waals surface area contributed by atoms with Gasteiger partial charge in [-0.25, -0.2) is 18.4 Å². The zero-order valence-corrected chi connectivity index (χ0v) is 17.3. The summed E-state index contributed by atoms with van der Waals surface area (Å²) in [5.41, 5.74) is 3.98. The maximum absolute atomic E-state index is 14.1. The van der Waals surface area contributed by atoms with Crippen LogP contribution in [-0.2, 0) is 13.1 Å². The lowest BCUT2D eigenvalue weighted by Gasteiger charge is -2.19. The van der Waals surface area contributed by atoms with Crippen LogP contribution in [0, 0.1) is 25.5 Å². The summed E-state index contributed by atoms with van der Waals surface area (Å²) in [6, 6.07) is 7.63. The van der Waals surface area contributed by atoms with Gasteiger partial charge in [0.15, 0.2) is 5.82 Å². The molecule has 0 radical (unpaired) electrons. The lowest BCUT2D eigenvalue weighted by atomic mass is 10.2. The summed E-state index contributed by atoms with van der Waals surface area (Å²) >= 11 is 0. The predicted molar refractivity (Wildman–Crippen MR) is 111 cm³/mol. The number of hydrogen-bond donors (Lipinski definition) is 1. The van der Waals surface area contributed by atoms with E-state index in [4.69, 9.17) is 0 Å². The summed E-state index contributed by atoms with van der Waals surface area (Å²) in [5, 5.41) is 7.85. The molecule has 0 atom stereocenters. The van der Waals surface area contributed by atoms with Gasteiger partial charge in [-0.3, -0.25) is 0 Å². The number of benzene rings is 1. The van der Waals surface area contributed by atoms with Crippen molar-refractivity contribution in [3.8, 4) is 5.69 Å². The van der Waals surface area contributed by atoms with E-state index in [2.05, 4.69) is 40.2 Å². The molecule has 29 heavy (non-hydrogen) atoms. The minimum absolute atomic E-state index is 0.245. The van der Waals surface area contributed by atoms with Gasteiger partial charge < -0.3 is 10.2 Å². The van der Waals surface area contributed by atoms with Crippen molar-refractivity contribution in [2.24, 2.45) is 0 Å². The van der Waals surface area contributed by atoms with Crippen molar-refractivity contribution in [1.29, 1.82) is 0 Å². The van der Waals surface area contributed by atoms with Crippen molar-refractivity contribution in [2.45, 2.75) is 40.8 Å². The minimum atomic E-state index is -0.630. The SMILES string of the molecule is CCN(CC)c1ccc(CNCc2c(C)nn(-c3ccc(F)cc3F)c2C)cn1. The first kappa shape index (κ1) is 20.9. The third-order valence-corrected chi connectivity index (χ3v) is 5.11. The number of nitrogens with one attached hydrogen (secondary N) is 1. The highest BCUT2D eigenvalue weighted by Gasteiger charge is 2.15. The second kappa shape index (κ2) is 9.13. The summed E-state index contributed by atoms with van der Waals surface area (Å²) < 4.78 is 28.9. The van der Waals surface area contributed by atoms with Crippen molar-refractivity contribution < 1.29 is 8.78 Å². The molecule has 1 N–H and O–H groups in total. The monoisotopic (exact) mass is 399 g/mol. The number of rotatable bonds is 8. The molecule has 0 spiro atoms. The maximum atomic E-state index is 14.1. The van der Waals surface area contributed by atoms with Gasteiger partial charge in [0.05, 0.1) is 5.69 Å². The van der Waals surface area contributed by atoms with Crippen LogP contribution in [0.3, 0.4) is 0 Å². The molecule has 3 aromatic rings. The molecule has 0 aliphatic rings. The Balaban J connectivity index is 1.68. The molecule has 0 bridgehead atoms. The zero-order valence-electron chi connectivity index (χ0n) is 17.3. The van der Waals surface area contributed by atoms with Crippen LogP contribution in [0.25, 0.3) is 5.69 Å². The van der Waals surface area contributed by atoms with Crippen LogP contribution in [0.5, 0.6) is 0 Å². The second-order valence-electron chi connectivity index (χ2n) is 6.96. The molecule has 0 aliphatic heterocycles. The van der Waals surface area contributed by atoms with Gasteiger partial charge in [0.2, 0.25) is 0 Å². The predicted octanol–water partition coefficient (Wildman–Crippen LogP) is 4.30. The molecule has 2 heterocycles. The smallest absolute Gasteiger partial charge is 0.151 e. The van der Waals surface area contributed by atoms with Crippen LogP contribution < -0.4 is 10.2 Å². The maximum Gasteiger partial charge on any atom is 0.151 e. The number of nitrogens with zero attached hydrogens (tertiary/aromatic N) is 4. The fraction of sp³-hybridized carbons (Fsp3) is 0.364. The highest BCUT2D eigenvalue weighted by Crippen LogP contribution is 2.21. The molecule has 5 nitrogen and oxygen atoms in total. The first-order valence-electron chi connectivity index (χ1n) is 9.85. The van der Waals surface area contributed by atoms with Crippen molar-refractivity contribution in [3.63, 3.8) is 0 Å². The molecule has 0 fully saturated rings. The largest absolute Gasteiger partial charge is 0.357 e. The Morgan fingerprint density at radius 1 is 1.03 bits per heavy atom. The van der Waals surface area contributed by atoms with Gasteiger partial charge in [-0.2, -0.15) is 5.10 Å². The van der Waals surface area contributed by atoms with Gasteiger partial charge in [-0.05, 0) is 51.5 Å². The van der Waals surface area contributed by atoms with E-state index in [9.17, 15) is 8.78 Å². The van der Waals surface area contributed by atoms with Gasteiger partial charge in [-0.15, -0.1) is 0 Å². The fourth-order valence-corrected chi connectivity index (χ4v) is 3.41. The van der Waals surface area contributed by atoms with Crippen molar-refractivity contribution >= 4 is 5.82 Å². The van der Waals surface area contributed by atoms with E-state index in [1.165, 1.54) is 16.8 Å². The van der Waals surface area contributed by atoms with Crippen LogP contribution in [0.4, 0.5) is 14.6 Å². The van der Waals surface area contributed by atoms with Crippen molar-refractivity contribution in [3.05, 3.63) is 70.7 Å². The highest BCUT2D eigenvalue weighted by atomic mass is 19.1. The van der Waals surface area contributed by atoms with E-state index < -0.39 is 11.6 Å². The number of hydrogen-bond acceptors (Lipinski definition) is 4. The molecule has 3 rings (SSSR count). The van der Waals surface area contributed by atoms with Crippen molar-refractivity contribution in [1.82, 2.24) is 20.1 Å². The molecule has 2 aromatic heterocycles. The van der Waals surface area contributed by atoms with E-state index in [1.54, 1.807) is 0 Å². The van der Waals surface area contributed by atoms with Gasteiger partial charge in [0.1, 0.15) is 17.3 Å². The van der Waals surface area contributed by atoms with Crippen LogP contribution in [0.15, 0.2) is 36.5 Å². The van der Waals surface area contributed by atoms with Crippen LogP contribution >= 0.6 is 0 Å². The Morgan fingerprint density at radius 3 is 2.41 bits per heavy atom. The molecular weight excluding hydrogens is 372 g/mol. The van der Waals surface area contributed by atoms with E-state index in [1.807, 2.05) is 26.1 Å². The van der Waals surface area contributed by atoms with Gasteiger partial charge in [0, 0.05) is 49.7 Å². The Bertz CT molecular complexity index is 962. The summed E-state index contributed by atoms with van der Waals surface area (Å²) in [6.45, 7) is 11.1. The number of anilines is 1. The molecule has 0 saturated heterocycles. The molecule has 154 valence electrons. The molecular formula is C22H27F2N5. The molecule has 0 unspecified atom stereocenters. The number of aryl methyl sites for hydroxylation is 1. The average molecular weight is 399 g/mol. The van der Waals surface area contributed by atoms with E-state index in [-0.39, 0.29) is 5.69 Å². The lowest BCUT2D eigenvalue weighted by Crippen LogP contribution is -2.23. The third kappa shape index (κ3) is 4.62. The van der Waals surface area contributed by atoms with Crippen LogP contribution in [0.1, 0.15) is 36.4 Å². The van der Waals surface area contributed by atoms with Gasteiger partial charge >= 0.3 is 0 Å². The standard InChI is InChI=1S/C22H27F2N5/c1-5-28(6-2)22-10-7-17(13-26-22)12-25-14-19-15(3)27-29(16(19)4)21-9-8-18(23)11-20(21)24/h7-11,13,25H,5-6,12,14H2,1-4H3. The molecule has 0 amide bonds. The zero-order chi connectivity index (χ0) is 21.0. The fourth-order valence-electron chi connectivity index (χ4n) is 3.41. The Labute approximate surface area is 170 Å². The first-order chi connectivity index (χ1) is 13.9. The summed E-state index contributed by atoms with van der Waals surface area (Å²) in [4.78, 5) is 6.74. The summed E-state index contributed by atoms with van der Waals surface area (Å²) in [7, 11) is 0. The number of pyridine rings is 1. The van der Waals surface area contributed by atoms with Crippen LogP contribution in [-0.4, -0.2) is 27.9 Å². The Kier molecular flexibility index (Phi) is 6.59. The quantitative estimate of drug-likeness (QED) is 0.614. The summed E-state index contributed by atoms with van der Waals surface area (Å²) in [5.74, 6) is -0.252.